The van der Waals surface area contributed by atoms with E-state index in [4.69, 9.17) is 9.47 Å². The molecule has 0 spiro atoms. The highest BCUT2D eigenvalue weighted by atomic mass is 32.2. The lowest BCUT2D eigenvalue weighted by Gasteiger charge is -2.35. The van der Waals surface area contributed by atoms with E-state index in [9.17, 15) is 21.6 Å². The van der Waals surface area contributed by atoms with Gasteiger partial charge in [-0.25, -0.2) is 16.8 Å². The van der Waals surface area contributed by atoms with Crippen molar-refractivity contribution < 1.29 is 31.1 Å². The van der Waals surface area contributed by atoms with Gasteiger partial charge in [0.25, 0.3) is 15.9 Å². The molecule has 1 atom stereocenters. The molecule has 5 rings (SSSR count). The number of carbonyl (C=O) groups excluding carboxylic acids is 1. The Morgan fingerprint density at radius 3 is 2.17 bits per heavy atom. The van der Waals surface area contributed by atoms with E-state index in [-0.39, 0.29) is 29.5 Å². The molecule has 1 saturated heterocycles. The predicted molar refractivity (Wildman–Crippen MR) is 159 cm³/mol. The Morgan fingerprint density at radius 1 is 0.857 bits per heavy atom. The number of hydrogen-bond donors (Lipinski definition) is 1. The highest BCUT2D eigenvalue weighted by Gasteiger charge is 2.37. The van der Waals surface area contributed by atoms with E-state index in [2.05, 4.69) is 5.32 Å². The number of nitrogens with zero attached hydrogens (tertiary/aromatic N) is 2. The van der Waals surface area contributed by atoms with E-state index < -0.39 is 32.1 Å². The Balaban J connectivity index is 1.20. The van der Waals surface area contributed by atoms with Crippen LogP contribution in [0.4, 0.5) is 5.69 Å². The monoisotopic (exact) mass is 613 g/mol. The minimum atomic E-state index is -3.95. The molecular formula is C30H35N3O7S2. The molecule has 2 aliphatic heterocycles. The smallest absolute Gasteiger partial charge is 0.264 e. The molecule has 0 saturated carbocycles. The normalized spacial score (nSPS) is 17.7. The Kier molecular flexibility index (Phi) is 8.76. The van der Waals surface area contributed by atoms with Gasteiger partial charge in [-0.1, -0.05) is 30.2 Å². The van der Waals surface area contributed by atoms with Crippen molar-refractivity contribution in [3.05, 3.63) is 77.9 Å². The topological polar surface area (TPSA) is 122 Å². The molecule has 0 radical (unpaired) electrons. The van der Waals surface area contributed by atoms with Gasteiger partial charge < -0.3 is 14.8 Å². The molecular weight excluding hydrogens is 578 g/mol. The fraction of sp³-hybridized carbons (Fsp3) is 0.367. The van der Waals surface area contributed by atoms with Crippen LogP contribution in [-0.2, 0) is 24.8 Å². The second-order valence-corrected chi connectivity index (χ2v) is 14.3. The van der Waals surface area contributed by atoms with Gasteiger partial charge in [-0.2, -0.15) is 4.31 Å². The molecule has 12 heteroatoms. The van der Waals surface area contributed by atoms with Gasteiger partial charge in [0.1, 0.15) is 18.1 Å². The molecule has 0 aliphatic carbocycles. The number of fused-ring (bicyclic) bond motifs is 1. The summed E-state index contributed by atoms with van der Waals surface area (Å²) in [6.07, 6.45) is 1.70. The Labute approximate surface area is 247 Å². The second kappa shape index (κ2) is 12.3. The van der Waals surface area contributed by atoms with Crippen molar-refractivity contribution in [2.45, 2.75) is 49.0 Å². The number of ether oxygens (including phenoxy) is 2. The molecule has 0 bridgehead atoms. The van der Waals surface area contributed by atoms with Crippen LogP contribution >= 0.6 is 0 Å². The van der Waals surface area contributed by atoms with Crippen LogP contribution in [0.1, 0.15) is 30.4 Å². The summed E-state index contributed by atoms with van der Waals surface area (Å²) < 4.78 is 67.2. The molecule has 10 nitrogen and oxygen atoms in total. The van der Waals surface area contributed by atoms with Gasteiger partial charge in [-0.15, -0.1) is 0 Å². The zero-order valence-electron chi connectivity index (χ0n) is 23.7. The van der Waals surface area contributed by atoms with Crippen LogP contribution in [0.15, 0.2) is 76.5 Å². The molecule has 3 aromatic carbocycles. The van der Waals surface area contributed by atoms with Crippen molar-refractivity contribution >= 4 is 31.6 Å². The number of amides is 1. The third-order valence-corrected chi connectivity index (χ3v) is 11.0. The fourth-order valence-electron chi connectivity index (χ4n) is 4.98. The van der Waals surface area contributed by atoms with E-state index in [0.29, 0.717) is 30.3 Å². The average Bonchev–Trinajstić information content (AvgIpc) is 2.99. The number of aryl methyl sites for hydroxylation is 2. The van der Waals surface area contributed by atoms with Crippen molar-refractivity contribution in [2.24, 2.45) is 0 Å². The minimum Gasteiger partial charge on any atom is -0.492 e. The van der Waals surface area contributed by atoms with Crippen molar-refractivity contribution in [3.63, 3.8) is 0 Å². The maximum atomic E-state index is 13.6. The highest BCUT2D eigenvalue weighted by molar-refractivity contribution is 7.92. The summed E-state index contributed by atoms with van der Waals surface area (Å²) in [5, 5.41) is 2.75. The number of benzene rings is 3. The molecule has 1 N–H and O–H groups in total. The lowest BCUT2D eigenvalue weighted by Crippen LogP contribution is -2.51. The van der Waals surface area contributed by atoms with Gasteiger partial charge in [-0.3, -0.25) is 9.10 Å². The Morgan fingerprint density at radius 2 is 1.48 bits per heavy atom. The SMILES string of the molecule is Cc1ccc(S(=O)(=O)N2C[C@@H](C(=O)NCCOc3ccc(S(=O)(=O)N4CCCCC4)cc3)Oc3cc(C)ccc32)cc1. The van der Waals surface area contributed by atoms with E-state index >= 15 is 0 Å². The van der Waals surface area contributed by atoms with Gasteiger partial charge >= 0.3 is 0 Å². The molecule has 0 aromatic heterocycles. The standard InChI is InChI=1S/C30H35N3O7S2/c1-22-6-11-26(12-7-22)42(37,38)33-21-29(40-28-20-23(2)8-15-27(28)33)30(34)31-16-19-39-24-9-13-25(14-10-24)41(35,36)32-17-4-3-5-18-32/h6-15,20,29H,3-5,16-19,21H2,1-2H3,(H,31,34)/t29-/m0/s1. The molecule has 1 fully saturated rings. The summed E-state index contributed by atoms with van der Waals surface area (Å²) in [7, 11) is -7.48. The predicted octanol–water partition coefficient (Wildman–Crippen LogP) is 3.63. The van der Waals surface area contributed by atoms with Crippen LogP contribution in [0.25, 0.3) is 0 Å². The van der Waals surface area contributed by atoms with Crippen LogP contribution in [0, 0.1) is 13.8 Å². The Bertz CT molecular complexity index is 1640. The van der Waals surface area contributed by atoms with E-state index in [1.165, 1.54) is 20.7 Å². The minimum absolute atomic E-state index is 0.123. The van der Waals surface area contributed by atoms with E-state index in [1.54, 1.807) is 54.6 Å². The van der Waals surface area contributed by atoms with Crippen molar-refractivity contribution in [1.82, 2.24) is 9.62 Å². The lowest BCUT2D eigenvalue weighted by atomic mass is 10.1. The summed E-state index contributed by atoms with van der Waals surface area (Å²) in [6, 6.07) is 18.0. The van der Waals surface area contributed by atoms with Gasteiger partial charge in [0.15, 0.2) is 6.10 Å². The molecule has 0 unspecified atom stereocenters. The summed E-state index contributed by atoms with van der Waals surface area (Å²) in [4.78, 5) is 13.4. The van der Waals surface area contributed by atoms with Gasteiger partial charge in [0.05, 0.1) is 28.6 Å². The van der Waals surface area contributed by atoms with Crippen molar-refractivity contribution in [3.8, 4) is 11.5 Å². The molecule has 2 aliphatic rings. The zero-order chi connectivity index (χ0) is 29.9. The number of sulfonamides is 2. The Hall–Kier alpha value is -3.61. The van der Waals surface area contributed by atoms with Crippen LogP contribution in [0.2, 0.25) is 0 Å². The second-order valence-electron chi connectivity index (χ2n) is 10.5. The zero-order valence-corrected chi connectivity index (χ0v) is 25.3. The van der Waals surface area contributed by atoms with Gasteiger partial charge in [-0.05, 0) is 80.8 Å². The molecule has 224 valence electrons. The first-order valence-electron chi connectivity index (χ1n) is 13.9. The third-order valence-electron chi connectivity index (χ3n) is 7.33. The van der Waals surface area contributed by atoms with Crippen LogP contribution in [0.3, 0.4) is 0 Å². The first-order valence-corrected chi connectivity index (χ1v) is 16.8. The van der Waals surface area contributed by atoms with Gasteiger partial charge in [0.2, 0.25) is 10.0 Å². The number of hydrogen-bond acceptors (Lipinski definition) is 7. The summed E-state index contributed by atoms with van der Waals surface area (Å²) >= 11 is 0. The summed E-state index contributed by atoms with van der Waals surface area (Å²) in [5.41, 5.74) is 2.18. The lowest BCUT2D eigenvalue weighted by molar-refractivity contribution is -0.127. The number of rotatable bonds is 9. The first kappa shape index (κ1) is 29.9. The van der Waals surface area contributed by atoms with Gasteiger partial charge in [0, 0.05) is 13.1 Å². The van der Waals surface area contributed by atoms with E-state index in [0.717, 1.165) is 30.4 Å². The third kappa shape index (κ3) is 6.40. The number of nitrogens with one attached hydrogen (secondary N) is 1. The summed E-state index contributed by atoms with van der Waals surface area (Å²) in [5.74, 6) is 0.307. The number of anilines is 1. The summed E-state index contributed by atoms with van der Waals surface area (Å²) in [6.45, 7) is 4.88. The largest absolute Gasteiger partial charge is 0.492 e. The maximum absolute atomic E-state index is 13.6. The number of piperidine rings is 1. The quantitative estimate of drug-likeness (QED) is 0.366. The molecule has 2 heterocycles. The number of carbonyl (C=O) groups is 1. The van der Waals surface area contributed by atoms with Crippen LogP contribution in [0.5, 0.6) is 11.5 Å². The highest BCUT2D eigenvalue weighted by Crippen LogP contribution is 2.37. The van der Waals surface area contributed by atoms with Crippen molar-refractivity contribution in [2.75, 3.05) is 37.1 Å². The van der Waals surface area contributed by atoms with Crippen molar-refractivity contribution in [1.29, 1.82) is 0 Å². The van der Waals surface area contributed by atoms with Crippen LogP contribution < -0.4 is 19.1 Å². The molecule has 42 heavy (non-hydrogen) atoms. The maximum Gasteiger partial charge on any atom is 0.264 e. The van der Waals surface area contributed by atoms with Crippen LogP contribution in [-0.4, -0.2) is 65.9 Å². The molecule has 3 aromatic rings. The average molecular weight is 614 g/mol. The molecule has 1 amide bonds. The fourth-order valence-corrected chi connectivity index (χ4v) is 7.97. The van der Waals surface area contributed by atoms with E-state index in [1.807, 2.05) is 13.8 Å². The first-order chi connectivity index (χ1) is 20.1.